The molecule has 3 N–H and O–H groups in total. The van der Waals surface area contributed by atoms with Crippen LogP contribution in [0.3, 0.4) is 0 Å². The highest BCUT2D eigenvalue weighted by Gasteiger charge is 2.41. The van der Waals surface area contributed by atoms with Gasteiger partial charge in [-0.05, 0) is 37.8 Å². The molecule has 0 bridgehead atoms. The predicted molar refractivity (Wildman–Crippen MR) is 74.6 cm³/mol. The van der Waals surface area contributed by atoms with E-state index in [9.17, 15) is 10.1 Å². The van der Waals surface area contributed by atoms with Gasteiger partial charge in [-0.2, -0.15) is 0 Å². The van der Waals surface area contributed by atoms with E-state index in [2.05, 4.69) is 21.2 Å². The van der Waals surface area contributed by atoms with E-state index in [-0.39, 0.29) is 16.1 Å². The van der Waals surface area contributed by atoms with Crippen molar-refractivity contribution in [2.24, 2.45) is 11.7 Å². The number of anilines is 1. The van der Waals surface area contributed by atoms with Crippen LogP contribution < -0.4 is 11.1 Å². The standard InChI is InChI=1S/C12H16BrN3O2/c1-12(7-14,8-2-3-8)15-10-5-4-9(13)6-11(10)16(17)18/h4-6,8,15H,2-3,7,14H2,1H3. The van der Waals surface area contributed by atoms with Crippen LogP contribution in [0.25, 0.3) is 0 Å². The zero-order valence-electron chi connectivity index (χ0n) is 10.1. The van der Waals surface area contributed by atoms with E-state index in [1.54, 1.807) is 12.1 Å². The van der Waals surface area contributed by atoms with Crippen LogP contribution in [0.1, 0.15) is 19.8 Å². The first-order valence-corrected chi connectivity index (χ1v) is 6.68. The Hall–Kier alpha value is -1.14. The minimum atomic E-state index is -0.378. The van der Waals surface area contributed by atoms with Crippen LogP contribution in [0.5, 0.6) is 0 Å². The van der Waals surface area contributed by atoms with Crippen LogP contribution in [0.15, 0.2) is 22.7 Å². The lowest BCUT2D eigenvalue weighted by Gasteiger charge is -2.30. The van der Waals surface area contributed by atoms with Crippen molar-refractivity contribution in [3.05, 3.63) is 32.8 Å². The predicted octanol–water partition coefficient (Wildman–Crippen LogP) is 2.90. The number of hydrogen-bond acceptors (Lipinski definition) is 4. The monoisotopic (exact) mass is 313 g/mol. The summed E-state index contributed by atoms with van der Waals surface area (Å²) in [4.78, 5) is 10.7. The van der Waals surface area contributed by atoms with E-state index in [4.69, 9.17) is 5.73 Å². The van der Waals surface area contributed by atoms with Gasteiger partial charge in [0.1, 0.15) is 5.69 Å². The average molecular weight is 314 g/mol. The molecule has 0 spiro atoms. The molecule has 18 heavy (non-hydrogen) atoms. The first-order chi connectivity index (χ1) is 8.46. The lowest BCUT2D eigenvalue weighted by molar-refractivity contribution is -0.384. The van der Waals surface area contributed by atoms with Gasteiger partial charge in [-0.25, -0.2) is 0 Å². The van der Waals surface area contributed by atoms with Crippen molar-refractivity contribution in [2.45, 2.75) is 25.3 Å². The Bertz CT molecular complexity index is 476. The molecule has 1 aromatic rings. The lowest BCUT2D eigenvalue weighted by atomic mass is 9.95. The quantitative estimate of drug-likeness (QED) is 0.647. The minimum Gasteiger partial charge on any atom is -0.373 e. The summed E-state index contributed by atoms with van der Waals surface area (Å²) in [6.07, 6.45) is 2.26. The number of nitro groups is 1. The minimum absolute atomic E-state index is 0.0738. The van der Waals surface area contributed by atoms with E-state index < -0.39 is 0 Å². The highest BCUT2D eigenvalue weighted by molar-refractivity contribution is 9.10. The van der Waals surface area contributed by atoms with Gasteiger partial charge in [-0.3, -0.25) is 10.1 Å². The molecule has 1 aliphatic carbocycles. The molecule has 0 radical (unpaired) electrons. The van der Waals surface area contributed by atoms with Crippen molar-refractivity contribution in [3.8, 4) is 0 Å². The SMILES string of the molecule is CC(CN)(Nc1ccc(Br)cc1[N+](=O)[O-])C1CC1. The molecule has 0 amide bonds. The average Bonchev–Trinajstić information content (AvgIpc) is 3.15. The summed E-state index contributed by atoms with van der Waals surface area (Å²) in [5.41, 5.74) is 6.15. The van der Waals surface area contributed by atoms with Crippen molar-refractivity contribution in [2.75, 3.05) is 11.9 Å². The van der Waals surface area contributed by atoms with Gasteiger partial charge in [0.05, 0.1) is 4.92 Å². The van der Waals surface area contributed by atoms with Crippen LogP contribution in [0.2, 0.25) is 0 Å². The molecule has 6 heteroatoms. The molecule has 2 rings (SSSR count). The van der Waals surface area contributed by atoms with Gasteiger partial charge >= 0.3 is 0 Å². The molecule has 1 atom stereocenters. The van der Waals surface area contributed by atoms with E-state index in [1.807, 2.05) is 6.92 Å². The van der Waals surface area contributed by atoms with Crippen molar-refractivity contribution in [1.82, 2.24) is 0 Å². The van der Waals surface area contributed by atoms with Gasteiger partial charge in [0.2, 0.25) is 0 Å². The molecular formula is C12H16BrN3O2. The Morgan fingerprint density at radius 3 is 2.78 bits per heavy atom. The third-order valence-corrected chi connectivity index (χ3v) is 3.97. The van der Waals surface area contributed by atoms with Gasteiger partial charge in [-0.1, -0.05) is 15.9 Å². The maximum Gasteiger partial charge on any atom is 0.293 e. The molecule has 1 aromatic carbocycles. The molecule has 98 valence electrons. The molecule has 1 fully saturated rings. The fraction of sp³-hybridized carbons (Fsp3) is 0.500. The molecule has 1 unspecified atom stereocenters. The van der Waals surface area contributed by atoms with Crippen LogP contribution in [-0.2, 0) is 0 Å². The number of nitrogens with one attached hydrogen (secondary N) is 1. The zero-order chi connectivity index (χ0) is 13.3. The Kier molecular flexibility index (Phi) is 3.59. The van der Waals surface area contributed by atoms with E-state index in [1.165, 1.54) is 6.07 Å². The Labute approximate surface area is 114 Å². The number of nitro benzene ring substituents is 1. The second-order valence-electron chi connectivity index (χ2n) is 4.94. The largest absolute Gasteiger partial charge is 0.373 e. The number of benzene rings is 1. The van der Waals surface area contributed by atoms with Crippen molar-refractivity contribution < 1.29 is 4.92 Å². The normalized spacial score (nSPS) is 18.2. The fourth-order valence-electron chi connectivity index (χ4n) is 2.11. The van der Waals surface area contributed by atoms with Gasteiger partial charge in [0.15, 0.2) is 0 Å². The zero-order valence-corrected chi connectivity index (χ0v) is 11.7. The van der Waals surface area contributed by atoms with Crippen LogP contribution in [0, 0.1) is 16.0 Å². The van der Waals surface area contributed by atoms with Crippen molar-refractivity contribution >= 4 is 27.3 Å². The number of rotatable bonds is 5. The van der Waals surface area contributed by atoms with Crippen LogP contribution in [-0.4, -0.2) is 17.0 Å². The highest BCUT2D eigenvalue weighted by atomic mass is 79.9. The summed E-state index contributed by atoms with van der Waals surface area (Å²) < 4.78 is 0.695. The van der Waals surface area contributed by atoms with E-state index >= 15 is 0 Å². The number of hydrogen-bond donors (Lipinski definition) is 2. The molecule has 0 heterocycles. The molecule has 0 saturated heterocycles. The molecule has 1 aliphatic rings. The smallest absolute Gasteiger partial charge is 0.293 e. The van der Waals surface area contributed by atoms with Crippen molar-refractivity contribution in [3.63, 3.8) is 0 Å². The summed E-state index contributed by atoms with van der Waals surface area (Å²) in [5.74, 6) is 0.505. The third-order valence-electron chi connectivity index (χ3n) is 3.48. The number of halogens is 1. The maximum atomic E-state index is 11.0. The topological polar surface area (TPSA) is 81.2 Å². The summed E-state index contributed by atoms with van der Waals surface area (Å²) >= 11 is 3.25. The fourth-order valence-corrected chi connectivity index (χ4v) is 2.46. The van der Waals surface area contributed by atoms with E-state index in [0.717, 1.165) is 12.8 Å². The number of nitrogens with two attached hydrogens (primary N) is 1. The Morgan fingerprint density at radius 2 is 2.28 bits per heavy atom. The third kappa shape index (κ3) is 2.64. The summed E-state index contributed by atoms with van der Waals surface area (Å²) in [6, 6.07) is 5.02. The first-order valence-electron chi connectivity index (χ1n) is 5.88. The highest BCUT2D eigenvalue weighted by Crippen LogP contribution is 2.42. The second-order valence-corrected chi connectivity index (χ2v) is 5.86. The Balaban J connectivity index is 2.30. The van der Waals surface area contributed by atoms with Gasteiger partial charge < -0.3 is 11.1 Å². The molecule has 0 aromatic heterocycles. The lowest BCUT2D eigenvalue weighted by Crippen LogP contribution is -2.44. The maximum absolute atomic E-state index is 11.0. The summed E-state index contributed by atoms with van der Waals surface area (Å²) in [7, 11) is 0. The molecule has 1 saturated carbocycles. The Morgan fingerprint density at radius 1 is 1.61 bits per heavy atom. The van der Waals surface area contributed by atoms with Gasteiger partial charge in [-0.15, -0.1) is 0 Å². The second kappa shape index (κ2) is 4.85. The summed E-state index contributed by atoms with van der Waals surface area (Å²) in [6.45, 7) is 2.49. The first kappa shape index (κ1) is 13.3. The van der Waals surface area contributed by atoms with E-state index in [0.29, 0.717) is 22.6 Å². The summed E-state index contributed by atoms with van der Waals surface area (Å²) in [5, 5.41) is 14.3. The molecular weight excluding hydrogens is 298 g/mol. The van der Waals surface area contributed by atoms with Crippen molar-refractivity contribution in [1.29, 1.82) is 0 Å². The molecule has 5 nitrogen and oxygen atoms in total. The molecule has 0 aliphatic heterocycles. The van der Waals surface area contributed by atoms with Crippen LogP contribution in [0.4, 0.5) is 11.4 Å². The van der Waals surface area contributed by atoms with Gasteiger partial charge in [0, 0.05) is 22.6 Å². The van der Waals surface area contributed by atoms with Gasteiger partial charge in [0.25, 0.3) is 5.69 Å². The number of nitrogens with zero attached hydrogens (tertiary/aromatic N) is 1. The van der Waals surface area contributed by atoms with Crippen LogP contribution >= 0.6 is 15.9 Å².